The van der Waals surface area contributed by atoms with E-state index < -0.39 is 0 Å². The molecule has 2 aromatic rings. The van der Waals surface area contributed by atoms with Gasteiger partial charge in [-0.25, -0.2) is 4.98 Å². The topological polar surface area (TPSA) is 55.7 Å². The molecule has 0 fully saturated rings. The Kier molecular flexibility index (Phi) is 4.12. The zero-order valence-corrected chi connectivity index (χ0v) is 10.3. The standard InChI is InChI=1S/C14H15N3O/c1-2-3-9-13(18)12-10-15-17-14(16-12)11-7-5-4-6-8-11/h4-8,10H,2-3,9H2,1H3. The van der Waals surface area contributed by atoms with Gasteiger partial charge in [-0.3, -0.25) is 4.79 Å². The summed E-state index contributed by atoms with van der Waals surface area (Å²) in [5, 5.41) is 7.82. The van der Waals surface area contributed by atoms with Gasteiger partial charge in [0, 0.05) is 12.0 Å². The molecule has 2 rings (SSSR count). The summed E-state index contributed by atoms with van der Waals surface area (Å²) in [6.45, 7) is 2.06. The van der Waals surface area contributed by atoms with Crippen LogP contribution in [-0.2, 0) is 0 Å². The fourth-order valence-corrected chi connectivity index (χ4v) is 1.61. The van der Waals surface area contributed by atoms with Gasteiger partial charge < -0.3 is 0 Å². The van der Waals surface area contributed by atoms with Crippen LogP contribution < -0.4 is 0 Å². The van der Waals surface area contributed by atoms with Gasteiger partial charge in [-0.15, -0.1) is 5.10 Å². The van der Waals surface area contributed by atoms with Crippen LogP contribution in [-0.4, -0.2) is 21.0 Å². The largest absolute Gasteiger partial charge is 0.292 e. The Morgan fingerprint density at radius 3 is 2.72 bits per heavy atom. The van der Waals surface area contributed by atoms with Crippen LogP contribution in [0.25, 0.3) is 11.4 Å². The maximum atomic E-state index is 11.9. The molecule has 0 aliphatic carbocycles. The first-order valence-electron chi connectivity index (χ1n) is 6.09. The van der Waals surface area contributed by atoms with Crippen LogP contribution in [0.4, 0.5) is 0 Å². The van der Waals surface area contributed by atoms with E-state index in [-0.39, 0.29) is 5.78 Å². The molecule has 0 amide bonds. The number of Topliss-reactive ketones (excluding diaryl/α,β-unsaturated/α-hetero) is 1. The molecule has 0 radical (unpaired) electrons. The second-order valence-electron chi connectivity index (χ2n) is 4.06. The van der Waals surface area contributed by atoms with E-state index in [0.29, 0.717) is 17.9 Å². The molecule has 0 spiro atoms. The van der Waals surface area contributed by atoms with Crippen molar-refractivity contribution < 1.29 is 4.79 Å². The number of benzene rings is 1. The summed E-state index contributed by atoms with van der Waals surface area (Å²) >= 11 is 0. The summed E-state index contributed by atoms with van der Waals surface area (Å²) in [4.78, 5) is 16.1. The Morgan fingerprint density at radius 1 is 1.22 bits per heavy atom. The van der Waals surface area contributed by atoms with Crippen molar-refractivity contribution in [3.8, 4) is 11.4 Å². The highest BCUT2D eigenvalue weighted by atomic mass is 16.1. The number of nitrogens with zero attached hydrogens (tertiary/aromatic N) is 3. The average molecular weight is 241 g/mol. The fraction of sp³-hybridized carbons (Fsp3) is 0.286. The van der Waals surface area contributed by atoms with Gasteiger partial charge in [0.05, 0.1) is 6.20 Å². The first kappa shape index (κ1) is 12.4. The maximum absolute atomic E-state index is 11.9. The predicted molar refractivity (Wildman–Crippen MR) is 69.1 cm³/mol. The Morgan fingerprint density at radius 2 is 2.00 bits per heavy atom. The Labute approximate surface area is 106 Å². The molecule has 0 N–H and O–H groups in total. The van der Waals surface area contributed by atoms with Gasteiger partial charge >= 0.3 is 0 Å². The summed E-state index contributed by atoms with van der Waals surface area (Å²) in [6.07, 6.45) is 3.83. The normalized spacial score (nSPS) is 10.3. The monoisotopic (exact) mass is 241 g/mol. The minimum Gasteiger partial charge on any atom is -0.292 e. The molecule has 4 heteroatoms. The molecule has 0 unspecified atom stereocenters. The number of hydrogen-bond donors (Lipinski definition) is 0. The molecule has 4 nitrogen and oxygen atoms in total. The number of rotatable bonds is 5. The molecule has 0 bridgehead atoms. The summed E-state index contributed by atoms with van der Waals surface area (Å²) in [5.41, 5.74) is 1.27. The average Bonchev–Trinajstić information content (AvgIpc) is 2.46. The van der Waals surface area contributed by atoms with Crippen LogP contribution in [0.5, 0.6) is 0 Å². The maximum Gasteiger partial charge on any atom is 0.182 e. The molecule has 92 valence electrons. The summed E-state index contributed by atoms with van der Waals surface area (Å²) in [5.74, 6) is 0.530. The van der Waals surface area contributed by atoms with E-state index in [9.17, 15) is 4.79 Å². The van der Waals surface area contributed by atoms with E-state index in [0.717, 1.165) is 18.4 Å². The van der Waals surface area contributed by atoms with Gasteiger partial charge in [-0.2, -0.15) is 5.10 Å². The molecule has 0 saturated carbocycles. The Hall–Kier alpha value is -2.10. The molecule has 1 aromatic heterocycles. The van der Waals surface area contributed by atoms with Crippen molar-refractivity contribution in [1.29, 1.82) is 0 Å². The minimum absolute atomic E-state index is 0.0314. The van der Waals surface area contributed by atoms with Crippen molar-refractivity contribution in [3.05, 3.63) is 42.2 Å². The highest BCUT2D eigenvalue weighted by Crippen LogP contribution is 2.13. The predicted octanol–water partition coefficient (Wildman–Crippen LogP) is 2.91. The van der Waals surface area contributed by atoms with Gasteiger partial charge in [0.25, 0.3) is 0 Å². The van der Waals surface area contributed by atoms with Gasteiger partial charge in [-0.05, 0) is 6.42 Å². The molecule has 1 aromatic carbocycles. The summed E-state index contributed by atoms with van der Waals surface area (Å²) < 4.78 is 0. The third kappa shape index (κ3) is 2.97. The lowest BCUT2D eigenvalue weighted by Crippen LogP contribution is -2.05. The minimum atomic E-state index is 0.0314. The first-order valence-corrected chi connectivity index (χ1v) is 6.09. The van der Waals surface area contributed by atoms with E-state index in [2.05, 4.69) is 22.1 Å². The first-order chi connectivity index (χ1) is 8.81. The molecule has 0 saturated heterocycles. The van der Waals surface area contributed by atoms with Crippen molar-refractivity contribution >= 4 is 5.78 Å². The van der Waals surface area contributed by atoms with Crippen molar-refractivity contribution in [2.75, 3.05) is 0 Å². The Bertz CT molecular complexity index is 526. The van der Waals surface area contributed by atoms with Gasteiger partial charge in [0.1, 0.15) is 5.69 Å². The number of hydrogen-bond acceptors (Lipinski definition) is 4. The number of ketones is 1. The highest BCUT2D eigenvalue weighted by Gasteiger charge is 2.10. The van der Waals surface area contributed by atoms with Crippen LogP contribution >= 0.6 is 0 Å². The molecular formula is C14H15N3O. The lowest BCUT2D eigenvalue weighted by molar-refractivity contribution is 0.0974. The molecule has 18 heavy (non-hydrogen) atoms. The molecule has 1 heterocycles. The molecule has 0 aliphatic heterocycles. The van der Waals surface area contributed by atoms with Crippen LogP contribution in [0.2, 0.25) is 0 Å². The van der Waals surface area contributed by atoms with Crippen LogP contribution in [0, 0.1) is 0 Å². The van der Waals surface area contributed by atoms with Crippen LogP contribution in [0.3, 0.4) is 0 Å². The van der Waals surface area contributed by atoms with Crippen molar-refractivity contribution in [1.82, 2.24) is 15.2 Å². The lowest BCUT2D eigenvalue weighted by atomic mass is 10.1. The summed E-state index contributed by atoms with van der Waals surface area (Å²) in [6, 6.07) is 9.54. The van der Waals surface area contributed by atoms with E-state index in [1.54, 1.807) is 0 Å². The lowest BCUT2D eigenvalue weighted by Gasteiger charge is -2.01. The van der Waals surface area contributed by atoms with E-state index in [4.69, 9.17) is 0 Å². The number of carbonyl (C=O) groups is 1. The Balaban J connectivity index is 2.23. The van der Waals surface area contributed by atoms with Crippen molar-refractivity contribution in [3.63, 3.8) is 0 Å². The zero-order chi connectivity index (χ0) is 12.8. The van der Waals surface area contributed by atoms with Gasteiger partial charge in [0.15, 0.2) is 11.6 Å². The van der Waals surface area contributed by atoms with Crippen molar-refractivity contribution in [2.45, 2.75) is 26.2 Å². The van der Waals surface area contributed by atoms with Gasteiger partial charge in [-0.1, -0.05) is 43.7 Å². The number of aromatic nitrogens is 3. The SMILES string of the molecule is CCCCC(=O)c1cnnc(-c2ccccc2)n1. The smallest absolute Gasteiger partial charge is 0.182 e. The van der Waals surface area contributed by atoms with Crippen LogP contribution in [0.15, 0.2) is 36.5 Å². The highest BCUT2D eigenvalue weighted by molar-refractivity contribution is 5.94. The molecular weight excluding hydrogens is 226 g/mol. The van der Waals surface area contributed by atoms with Crippen molar-refractivity contribution in [2.24, 2.45) is 0 Å². The quantitative estimate of drug-likeness (QED) is 0.755. The van der Waals surface area contributed by atoms with Crippen LogP contribution in [0.1, 0.15) is 36.7 Å². The number of unbranched alkanes of at least 4 members (excludes halogenated alkanes) is 1. The zero-order valence-electron chi connectivity index (χ0n) is 10.3. The summed E-state index contributed by atoms with van der Waals surface area (Å²) in [7, 11) is 0. The third-order valence-corrected chi connectivity index (χ3v) is 2.63. The second-order valence-corrected chi connectivity index (χ2v) is 4.06. The van der Waals surface area contributed by atoms with E-state index in [1.165, 1.54) is 6.20 Å². The third-order valence-electron chi connectivity index (χ3n) is 2.63. The van der Waals surface area contributed by atoms with Gasteiger partial charge in [0.2, 0.25) is 0 Å². The molecule has 0 aliphatic rings. The second kappa shape index (κ2) is 6.00. The van der Waals surface area contributed by atoms with E-state index in [1.807, 2.05) is 30.3 Å². The number of carbonyl (C=O) groups excluding carboxylic acids is 1. The molecule has 0 atom stereocenters. The van der Waals surface area contributed by atoms with E-state index >= 15 is 0 Å². The fourth-order valence-electron chi connectivity index (χ4n) is 1.61.